The van der Waals surface area contributed by atoms with Crippen molar-refractivity contribution < 1.29 is 9.13 Å². The summed E-state index contributed by atoms with van der Waals surface area (Å²) in [5.41, 5.74) is 0. The smallest absolute Gasteiger partial charge is 0.132 e. The van der Waals surface area contributed by atoms with Gasteiger partial charge >= 0.3 is 0 Å². The number of methoxy groups -OCH3 is 1. The fourth-order valence-corrected chi connectivity index (χ4v) is 1.95. The summed E-state index contributed by atoms with van der Waals surface area (Å²) in [5, 5.41) is 0.427. The largest absolute Gasteiger partial charge is 0.496 e. The van der Waals surface area contributed by atoms with E-state index in [1.165, 1.54) is 12.1 Å². The lowest BCUT2D eigenvalue weighted by Gasteiger charge is -2.09. The first-order valence-corrected chi connectivity index (χ1v) is 5.01. The van der Waals surface area contributed by atoms with Crippen LogP contribution in [-0.4, -0.2) is 12.4 Å². The van der Waals surface area contributed by atoms with Crippen molar-refractivity contribution in [3.05, 3.63) is 24.0 Å². The molecule has 0 amide bonds. The van der Waals surface area contributed by atoms with Crippen LogP contribution in [0, 0.1) is 5.82 Å². The average molecular weight is 200 g/mol. The molecular formula is C10H13FOS. The van der Waals surface area contributed by atoms with E-state index < -0.39 is 0 Å². The number of hydrogen-bond acceptors (Lipinski definition) is 2. The maximum Gasteiger partial charge on any atom is 0.132 e. The quantitative estimate of drug-likeness (QED) is 0.692. The number of benzene rings is 1. The Balaban J connectivity index is 2.94. The van der Waals surface area contributed by atoms with Gasteiger partial charge in [-0.15, -0.1) is 11.8 Å². The predicted octanol–water partition coefficient (Wildman–Crippen LogP) is 3.33. The predicted molar refractivity (Wildman–Crippen MR) is 53.9 cm³/mol. The maximum atomic E-state index is 12.9. The molecule has 0 aliphatic carbocycles. The Kier molecular flexibility index (Phi) is 3.60. The monoisotopic (exact) mass is 200 g/mol. The van der Waals surface area contributed by atoms with Crippen molar-refractivity contribution in [2.45, 2.75) is 24.0 Å². The van der Waals surface area contributed by atoms with Gasteiger partial charge in [0.2, 0.25) is 0 Å². The van der Waals surface area contributed by atoms with Crippen molar-refractivity contribution >= 4 is 11.8 Å². The van der Waals surface area contributed by atoms with Crippen LogP contribution < -0.4 is 4.74 Å². The van der Waals surface area contributed by atoms with Gasteiger partial charge in [-0.3, -0.25) is 0 Å². The normalized spacial score (nSPS) is 10.5. The van der Waals surface area contributed by atoms with Crippen LogP contribution in [0.15, 0.2) is 23.1 Å². The summed E-state index contributed by atoms with van der Waals surface area (Å²) in [6.45, 7) is 4.13. The first-order chi connectivity index (χ1) is 6.13. The molecule has 3 heteroatoms. The number of hydrogen-bond donors (Lipinski definition) is 0. The highest BCUT2D eigenvalue weighted by Crippen LogP contribution is 2.32. The molecule has 0 saturated heterocycles. The van der Waals surface area contributed by atoms with Gasteiger partial charge in [-0.05, 0) is 18.2 Å². The van der Waals surface area contributed by atoms with Crippen LogP contribution >= 0.6 is 11.8 Å². The van der Waals surface area contributed by atoms with Crippen molar-refractivity contribution in [1.29, 1.82) is 0 Å². The van der Waals surface area contributed by atoms with Crippen LogP contribution in [0.1, 0.15) is 13.8 Å². The lowest BCUT2D eigenvalue weighted by Crippen LogP contribution is -1.91. The SMILES string of the molecule is COc1ccc(F)cc1SC(C)C. The molecule has 0 atom stereocenters. The number of rotatable bonds is 3. The summed E-state index contributed by atoms with van der Waals surface area (Å²) in [6, 6.07) is 4.56. The number of ether oxygens (including phenoxy) is 1. The molecule has 72 valence electrons. The minimum atomic E-state index is -0.219. The molecule has 0 N–H and O–H groups in total. The summed E-state index contributed by atoms with van der Waals surface area (Å²) in [5.74, 6) is 0.518. The molecule has 1 aromatic carbocycles. The van der Waals surface area contributed by atoms with Gasteiger partial charge in [0.1, 0.15) is 11.6 Å². The fraction of sp³-hybridized carbons (Fsp3) is 0.400. The van der Waals surface area contributed by atoms with Gasteiger partial charge in [-0.1, -0.05) is 13.8 Å². The molecule has 0 radical (unpaired) electrons. The molecule has 0 spiro atoms. The van der Waals surface area contributed by atoms with E-state index in [-0.39, 0.29) is 5.82 Å². The Morgan fingerprint density at radius 2 is 2.08 bits per heavy atom. The molecule has 0 aliphatic rings. The molecule has 0 aromatic heterocycles. The number of halogens is 1. The van der Waals surface area contributed by atoms with E-state index in [0.717, 1.165) is 10.6 Å². The first kappa shape index (κ1) is 10.4. The zero-order chi connectivity index (χ0) is 9.84. The Bertz CT molecular complexity index is 286. The Morgan fingerprint density at radius 3 is 2.62 bits per heavy atom. The third-order valence-electron chi connectivity index (χ3n) is 1.49. The Labute approximate surface area is 82.3 Å². The first-order valence-electron chi connectivity index (χ1n) is 4.13. The summed E-state index contributed by atoms with van der Waals surface area (Å²) in [4.78, 5) is 0.859. The highest BCUT2D eigenvalue weighted by atomic mass is 32.2. The Hall–Kier alpha value is -0.700. The van der Waals surface area contributed by atoms with E-state index in [0.29, 0.717) is 5.25 Å². The van der Waals surface area contributed by atoms with E-state index in [1.807, 2.05) is 0 Å². The highest BCUT2D eigenvalue weighted by molar-refractivity contribution is 8.00. The van der Waals surface area contributed by atoms with Crippen LogP contribution in [0.25, 0.3) is 0 Å². The van der Waals surface area contributed by atoms with Crippen molar-refractivity contribution in [2.24, 2.45) is 0 Å². The standard InChI is InChI=1S/C10H13FOS/c1-7(2)13-10-6-8(11)4-5-9(10)12-3/h4-7H,1-3H3. The van der Waals surface area contributed by atoms with Crippen molar-refractivity contribution in [3.8, 4) is 5.75 Å². The van der Waals surface area contributed by atoms with Crippen LogP contribution in [0.5, 0.6) is 5.75 Å². The minimum absolute atomic E-state index is 0.219. The van der Waals surface area contributed by atoms with Gasteiger partial charge in [0.15, 0.2) is 0 Å². The average Bonchev–Trinajstić information content (AvgIpc) is 2.03. The van der Waals surface area contributed by atoms with E-state index in [2.05, 4.69) is 13.8 Å². The summed E-state index contributed by atoms with van der Waals surface area (Å²) in [6.07, 6.45) is 0. The maximum absolute atomic E-state index is 12.9. The number of thioether (sulfide) groups is 1. The van der Waals surface area contributed by atoms with Gasteiger partial charge in [0.05, 0.1) is 12.0 Å². The summed E-state index contributed by atoms with van der Waals surface area (Å²) in [7, 11) is 1.59. The lowest BCUT2D eigenvalue weighted by atomic mass is 10.3. The van der Waals surface area contributed by atoms with E-state index in [4.69, 9.17) is 4.74 Å². The fourth-order valence-electron chi connectivity index (χ4n) is 0.997. The third kappa shape index (κ3) is 2.92. The van der Waals surface area contributed by atoms with E-state index >= 15 is 0 Å². The molecule has 13 heavy (non-hydrogen) atoms. The van der Waals surface area contributed by atoms with E-state index in [9.17, 15) is 4.39 Å². The second kappa shape index (κ2) is 4.51. The second-order valence-electron chi connectivity index (χ2n) is 2.96. The van der Waals surface area contributed by atoms with Gasteiger partial charge < -0.3 is 4.74 Å². The van der Waals surface area contributed by atoms with Crippen LogP contribution in [-0.2, 0) is 0 Å². The van der Waals surface area contributed by atoms with Gasteiger partial charge in [-0.25, -0.2) is 4.39 Å². The Morgan fingerprint density at radius 1 is 1.38 bits per heavy atom. The lowest BCUT2D eigenvalue weighted by molar-refractivity contribution is 0.403. The van der Waals surface area contributed by atoms with Crippen molar-refractivity contribution in [3.63, 3.8) is 0 Å². The second-order valence-corrected chi connectivity index (χ2v) is 4.58. The molecule has 0 saturated carbocycles. The van der Waals surface area contributed by atoms with Crippen molar-refractivity contribution in [1.82, 2.24) is 0 Å². The molecule has 0 bridgehead atoms. The molecule has 0 unspecified atom stereocenters. The zero-order valence-electron chi connectivity index (χ0n) is 8.00. The van der Waals surface area contributed by atoms with E-state index in [1.54, 1.807) is 24.9 Å². The zero-order valence-corrected chi connectivity index (χ0v) is 8.82. The molecule has 0 fully saturated rings. The molecule has 1 rings (SSSR count). The van der Waals surface area contributed by atoms with Crippen LogP contribution in [0.4, 0.5) is 4.39 Å². The molecular weight excluding hydrogens is 187 g/mol. The van der Waals surface area contributed by atoms with Gasteiger partial charge in [0, 0.05) is 5.25 Å². The topological polar surface area (TPSA) is 9.23 Å². The van der Waals surface area contributed by atoms with Crippen LogP contribution in [0.3, 0.4) is 0 Å². The summed E-state index contributed by atoms with van der Waals surface area (Å²) >= 11 is 1.60. The van der Waals surface area contributed by atoms with Gasteiger partial charge in [-0.2, -0.15) is 0 Å². The minimum Gasteiger partial charge on any atom is -0.496 e. The molecule has 1 aromatic rings. The molecule has 0 heterocycles. The highest BCUT2D eigenvalue weighted by Gasteiger charge is 2.06. The molecule has 0 aliphatic heterocycles. The van der Waals surface area contributed by atoms with Crippen molar-refractivity contribution in [2.75, 3.05) is 7.11 Å². The summed E-state index contributed by atoms with van der Waals surface area (Å²) < 4.78 is 18.0. The molecule has 1 nitrogen and oxygen atoms in total. The van der Waals surface area contributed by atoms with Crippen LogP contribution in [0.2, 0.25) is 0 Å². The van der Waals surface area contributed by atoms with Gasteiger partial charge in [0.25, 0.3) is 0 Å². The third-order valence-corrected chi connectivity index (χ3v) is 2.53.